The number of carbonyl (C=O) groups excluding carboxylic acids is 2. The van der Waals surface area contributed by atoms with E-state index in [0.29, 0.717) is 6.54 Å². The summed E-state index contributed by atoms with van der Waals surface area (Å²) in [5.41, 5.74) is 6.91. The summed E-state index contributed by atoms with van der Waals surface area (Å²) in [7, 11) is 0. The van der Waals surface area contributed by atoms with Crippen LogP contribution >= 0.6 is 12.4 Å². The minimum atomic E-state index is -0.586. The summed E-state index contributed by atoms with van der Waals surface area (Å²) in [4.78, 5) is 23.6. The second-order valence-electron chi connectivity index (χ2n) is 7.09. The van der Waals surface area contributed by atoms with Crippen LogP contribution in [0.5, 0.6) is 0 Å². The van der Waals surface area contributed by atoms with Crippen LogP contribution in [-0.4, -0.2) is 30.9 Å². The van der Waals surface area contributed by atoms with Crippen molar-refractivity contribution in [1.82, 2.24) is 10.6 Å². The molecule has 5 nitrogen and oxygen atoms in total. The Morgan fingerprint density at radius 1 is 1.12 bits per heavy atom. The first-order valence-corrected chi connectivity index (χ1v) is 8.05. The molecule has 1 rings (SSSR count). The number of nitrogens with two attached hydrogens (primary N) is 1. The Labute approximate surface area is 151 Å². The predicted molar refractivity (Wildman–Crippen MR) is 100 cm³/mol. The first-order chi connectivity index (χ1) is 10.7. The van der Waals surface area contributed by atoms with E-state index in [1.807, 2.05) is 32.0 Å². The topological polar surface area (TPSA) is 84.2 Å². The summed E-state index contributed by atoms with van der Waals surface area (Å²) in [6.45, 7) is 8.46. The van der Waals surface area contributed by atoms with Crippen molar-refractivity contribution in [3.63, 3.8) is 0 Å². The molecule has 0 saturated heterocycles. The van der Waals surface area contributed by atoms with Gasteiger partial charge in [0.15, 0.2) is 0 Å². The number of nitrogens with one attached hydrogen (secondary N) is 2. The van der Waals surface area contributed by atoms with Gasteiger partial charge in [-0.15, -0.1) is 12.4 Å². The van der Waals surface area contributed by atoms with Crippen LogP contribution in [0.4, 0.5) is 0 Å². The molecule has 1 aromatic carbocycles. The molecular formula is C18H30ClN3O2. The molecule has 1 aromatic rings. The van der Waals surface area contributed by atoms with Crippen molar-refractivity contribution in [2.45, 2.75) is 40.2 Å². The van der Waals surface area contributed by atoms with E-state index in [9.17, 15) is 9.59 Å². The van der Waals surface area contributed by atoms with Gasteiger partial charge in [0, 0.05) is 6.54 Å². The van der Waals surface area contributed by atoms with Gasteiger partial charge in [0.05, 0.1) is 12.6 Å². The third kappa shape index (κ3) is 8.31. The van der Waals surface area contributed by atoms with E-state index in [-0.39, 0.29) is 42.1 Å². The van der Waals surface area contributed by atoms with Gasteiger partial charge >= 0.3 is 0 Å². The number of carbonyl (C=O) groups is 2. The van der Waals surface area contributed by atoms with Crippen LogP contribution in [0.2, 0.25) is 0 Å². The zero-order valence-corrected chi connectivity index (χ0v) is 15.8. The van der Waals surface area contributed by atoms with E-state index in [1.165, 1.54) is 5.56 Å². The summed E-state index contributed by atoms with van der Waals surface area (Å²) in [5, 5.41) is 5.45. The SMILES string of the molecule is CC(C)[C@H](N)C(=O)NCC(=O)NCC(C)(C)Cc1ccccc1.Cl. The summed E-state index contributed by atoms with van der Waals surface area (Å²) >= 11 is 0. The minimum Gasteiger partial charge on any atom is -0.354 e. The Hall–Kier alpha value is -1.59. The Kier molecular flexibility index (Phi) is 9.63. The molecule has 2 amide bonds. The second kappa shape index (κ2) is 10.3. The number of rotatable bonds is 8. The molecule has 0 aliphatic carbocycles. The van der Waals surface area contributed by atoms with Gasteiger partial charge in [-0.05, 0) is 23.3 Å². The molecule has 0 aromatic heterocycles. The van der Waals surface area contributed by atoms with Crippen LogP contribution in [0, 0.1) is 11.3 Å². The summed E-state index contributed by atoms with van der Waals surface area (Å²) < 4.78 is 0. The van der Waals surface area contributed by atoms with E-state index in [1.54, 1.807) is 0 Å². The zero-order valence-electron chi connectivity index (χ0n) is 15.0. The minimum absolute atomic E-state index is 0. The molecule has 0 heterocycles. The van der Waals surface area contributed by atoms with Crippen LogP contribution in [0.3, 0.4) is 0 Å². The Morgan fingerprint density at radius 3 is 2.25 bits per heavy atom. The fourth-order valence-electron chi connectivity index (χ4n) is 2.20. The lowest BCUT2D eigenvalue weighted by Crippen LogP contribution is -2.48. The molecule has 0 spiro atoms. The molecule has 0 aliphatic rings. The van der Waals surface area contributed by atoms with Crippen LogP contribution in [-0.2, 0) is 16.0 Å². The maximum absolute atomic E-state index is 11.9. The van der Waals surface area contributed by atoms with Gasteiger partial charge in [0.1, 0.15) is 0 Å². The fourth-order valence-corrected chi connectivity index (χ4v) is 2.20. The van der Waals surface area contributed by atoms with Gasteiger partial charge in [0.25, 0.3) is 0 Å². The van der Waals surface area contributed by atoms with Gasteiger partial charge < -0.3 is 16.4 Å². The van der Waals surface area contributed by atoms with Crippen molar-refractivity contribution in [3.8, 4) is 0 Å². The largest absolute Gasteiger partial charge is 0.354 e. The monoisotopic (exact) mass is 355 g/mol. The highest BCUT2D eigenvalue weighted by molar-refractivity contribution is 5.87. The Bertz CT molecular complexity index is 518. The third-order valence-electron chi connectivity index (χ3n) is 3.73. The average Bonchev–Trinajstić information content (AvgIpc) is 2.50. The molecule has 0 fully saturated rings. The highest BCUT2D eigenvalue weighted by Gasteiger charge is 2.21. The lowest BCUT2D eigenvalue weighted by atomic mass is 9.85. The van der Waals surface area contributed by atoms with Crippen molar-refractivity contribution in [3.05, 3.63) is 35.9 Å². The Balaban J connectivity index is 0.00000529. The summed E-state index contributed by atoms with van der Waals surface area (Å²) in [5.74, 6) is -0.447. The molecule has 4 N–H and O–H groups in total. The first kappa shape index (κ1) is 22.4. The van der Waals surface area contributed by atoms with E-state index in [4.69, 9.17) is 5.73 Å². The van der Waals surface area contributed by atoms with Gasteiger partial charge in [0.2, 0.25) is 11.8 Å². The van der Waals surface area contributed by atoms with Crippen LogP contribution < -0.4 is 16.4 Å². The molecular weight excluding hydrogens is 326 g/mol. The third-order valence-corrected chi connectivity index (χ3v) is 3.73. The van der Waals surface area contributed by atoms with E-state index < -0.39 is 6.04 Å². The molecule has 1 atom stereocenters. The van der Waals surface area contributed by atoms with E-state index in [0.717, 1.165) is 6.42 Å². The molecule has 0 saturated carbocycles. The first-order valence-electron chi connectivity index (χ1n) is 8.05. The summed E-state index contributed by atoms with van der Waals surface area (Å²) in [6.07, 6.45) is 0.874. The lowest BCUT2D eigenvalue weighted by molar-refractivity contribution is -0.127. The fraction of sp³-hybridized carbons (Fsp3) is 0.556. The number of amides is 2. The predicted octanol–water partition coefficient (Wildman–Crippen LogP) is 1.89. The Morgan fingerprint density at radius 2 is 1.71 bits per heavy atom. The van der Waals surface area contributed by atoms with Crippen molar-refractivity contribution >= 4 is 24.2 Å². The maximum atomic E-state index is 11.9. The van der Waals surface area contributed by atoms with Gasteiger partial charge in [-0.25, -0.2) is 0 Å². The molecule has 0 radical (unpaired) electrons. The van der Waals surface area contributed by atoms with Crippen LogP contribution in [0.1, 0.15) is 33.3 Å². The summed E-state index contributed by atoms with van der Waals surface area (Å²) in [6, 6.07) is 9.59. The quantitative estimate of drug-likeness (QED) is 0.665. The molecule has 24 heavy (non-hydrogen) atoms. The van der Waals surface area contributed by atoms with Crippen LogP contribution in [0.25, 0.3) is 0 Å². The van der Waals surface area contributed by atoms with Gasteiger partial charge in [-0.3, -0.25) is 9.59 Å². The second-order valence-corrected chi connectivity index (χ2v) is 7.09. The molecule has 6 heteroatoms. The highest BCUT2D eigenvalue weighted by Crippen LogP contribution is 2.20. The molecule has 0 aliphatic heterocycles. The van der Waals surface area contributed by atoms with Crippen molar-refractivity contribution in [2.75, 3.05) is 13.1 Å². The van der Waals surface area contributed by atoms with Crippen molar-refractivity contribution in [2.24, 2.45) is 17.1 Å². The normalized spacial score (nSPS) is 12.2. The maximum Gasteiger partial charge on any atom is 0.239 e. The average molecular weight is 356 g/mol. The number of benzene rings is 1. The van der Waals surface area contributed by atoms with Crippen molar-refractivity contribution in [1.29, 1.82) is 0 Å². The highest BCUT2D eigenvalue weighted by atomic mass is 35.5. The van der Waals surface area contributed by atoms with Crippen LogP contribution in [0.15, 0.2) is 30.3 Å². The standard InChI is InChI=1S/C18H29N3O2.ClH/c1-13(2)16(19)17(23)20-11-15(22)21-12-18(3,4)10-14-8-6-5-7-9-14;/h5-9,13,16H,10-12,19H2,1-4H3,(H,20,23)(H,21,22);1H/t16-;/m0./s1. The number of halogens is 1. The zero-order chi connectivity index (χ0) is 17.5. The molecule has 0 bridgehead atoms. The van der Waals surface area contributed by atoms with E-state index in [2.05, 4.69) is 36.6 Å². The number of hydrogen-bond acceptors (Lipinski definition) is 3. The lowest BCUT2D eigenvalue weighted by Gasteiger charge is -2.25. The molecule has 136 valence electrons. The van der Waals surface area contributed by atoms with E-state index >= 15 is 0 Å². The van der Waals surface area contributed by atoms with Gasteiger partial charge in [-0.1, -0.05) is 58.0 Å². The smallest absolute Gasteiger partial charge is 0.239 e. The van der Waals surface area contributed by atoms with Crippen molar-refractivity contribution < 1.29 is 9.59 Å². The van der Waals surface area contributed by atoms with Gasteiger partial charge in [-0.2, -0.15) is 0 Å². The number of hydrogen-bond donors (Lipinski definition) is 3. The molecule has 0 unspecified atom stereocenters.